The minimum atomic E-state index is -0.424. The first-order chi connectivity index (χ1) is 12.0. The maximum Gasteiger partial charge on any atom is 0.269 e. The highest BCUT2D eigenvalue weighted by atomic mass is 16.2. The quantitative estimate of drug-likeness (QED) is 0.363. The fourth-order valence-electron chi connectivity index (χ4n) is 2.43. The Bertz CT molecular complexity index is 828. The van der Waals surface area contributed by atoms with Gasteiger partial charge in [-0.2, -0.15) is 0 Å². The smallest absolute Gasteiger partial charge is 0.269 e. The zero-order valence-electron chi connectivity index (χ0n) is 14.1. The van der Waals surface area contributed by atoms with Crippen molar-refractivity contribution in [3.8, 4) is 11.1 Å². The molecule has 0 heterocycles. The number of rotatable bonds is 6. The first-order valence-electron chi connectivity index (χ1n) is 7.97. The molecule has 2 aromatic rings. The summed E-state index contributed by atoms with van der Waals surface area (Å²) in [5.41, 5.74) is 21.2. The molecule has 0 saturated carbocycles. The molecule has 7 N–H and O–H groups in total. The monoisotopic (exact) mass is 338 g/mol. The number of nitrogens with one attached hydrogen (secondary N) is 1. The third-order valence-electron chi connectivity index (χ3n) is 3.80. The Morgan fingerprint density at radius 1 is 1.16 bits per heavy atom. The van der Waals surface area contributed by atoms with Crippen molar-refractivity contribution in [3.05, 3.63) is 59.3 Å². The molecule has 0 atom stereocenters. The Balaban J connectivity index is 2.47. The summed E-state index contributed by atoms with van der Waals surface area (Å²) >= 11 is 0. The largest absolute Gasteiger partial charge is 0.398 e. The number of para-hydroxylation sites is 1. The molecule has 1 amide bonds. The van der Waals surface area contributed by atoms with E-state index in [1.54, 1.807) is 30.3 Å². The van der Waals surface area contributed by atoms with Gasteiger partial charge in [-0.3, -0.25) is 9.59 Å². The van der Waals surface area contributed by atoms with Crippen LogP contribution in [-0.4, -0.2) is 18.7 Å². The van der Waals surface area contributed by atoms with Crippen molar-refractivity contribution in [2.45, 2.75) is 13.3 Å². The Morgan fingerprint density at radius 3 is 2.56 bits per heavy atom. The van der Waals surface area contributed by atoms with Crippen molar-refractivity contribution in [1.29, 1.82) is 0 Å². The van der Waals surface area contributed by atoms with Crippen LogP contribution in [0.4, 0.5) is 5.69 Å². The molecule has 0 aliphatic heterocycles. The Labute approximate surface area is 146 Å². The van der Waals surface area contributed by atoms with E-state index in [1.165, 1.54) is 0 Å². The van der Waals surface area contributed by atoms with Gasteiger partial charge in [0.05, 0.1) is 5.70 Å². The number of amides is 1. The molecule has 6 nitrogen and oxygen atoms in total. The molecule has 0 spiro atoms. The summed E-state index contributed by atoms with van der Waals surface area (Å²) in [7, 11) is 0. The van der Waals surface area contributed by atoms with Crippen LogP contribution in [-0.2, 0) is 4.79 Å². The van der Waals surface area contributed by atoms with Crippen LogP contribution < -0.4 is 22.5 Å². The normalized spacial score (nSPS) is 11.6. The van der Waals surface area contributed by atoms with Crippen molar-refractivity contribution in [2.75, 3.05) is 12.3 Å². The highest BCUT2D eigenvalue weighted by molar-refractivity contribution is 6.01. The molecular weight excluding hydrogens is 316 g/mol. The van der Waals surface area contributed by atoms with Gasteiger partial charge in [-0.05, 0) is 18.1 Å². The second-order valence-electron chi connectivity index (χ2n) is 5.59. The molecule has 0 radical (unpaired) electrons. The fourth-order valence-corrected chi connectivity index (χ4v) is 2.43. The maximum atomic E-state index is 12.0. The van der Waals surface area contributed by atoms with E-state index < -0.39 is 5.91 Å². The Morgan fingerprint density at radius 2 is 1.88 bits per heavy atom. The van der Waals surface area contributed by atoms with Crippen LogP contribution in [0.5, 0.6) is 0 Å². The van der Waals surface area contributed by atoms with Gasteiger partial charge < -0.3 is 22.5 Å². The van der Waals surface area contributed by atoms with E-state index in [2.05, 4.69) is 5.32 Å². The number of hydrogen-bond acceptors (Lipinski definition) is 5. The lowest BCUT2D eigenvalue weighted by Gasteiger charge is -2.14. The molecule has 0 saturated heterocycles. The summed E-state index contributed by atoms with van der Waals surface area (Å²) < 4.78 is 0. The molecule has 6 heteroatoms. The lowest BCUT2D eigenvalue weighted by molar-refractivity contribution is -0.117. The van der Waals surface area contributed by atoms with Crippen LogP contribution in [0, 0.1) is 0 Å². The van der Waals surface area contributed by atoms with E-state index in [1.807, 2.05) is 19.1 Å². The molecule has 2 rings (SSSR count). The van der Waals surface area contributed by atoms with Crippen molar-refractivity contribution in [1.82, 2.24) is 5.32 Å². The second kappa shape index (κ2) is 8.01. The summed E-state index contributed by atoms with van der Waals surface area (Å²) in [6, 6.07) is 12.4. The molecular formula is C19H22N4O2. The summed E-state index contributed by atoms with van der Waals surface area (Å²) in [6.07, 6.45) is 1.57. The molecule has 0 fully saturated rings. The summed E-state index contributed by atoms with van der Waals surface area (Å²) in [4.78, 5) is 23.0. The van der Waals surface area contributed by atoms with Gasteiger partial charge in [0.2, 0.25) is 0 Å². The number of nitrogens with two attached hydrogens (primary N) is 3. The zero-order valence-corrected chi connectivity index (χ0v) is 14.1. The van der Waals surface area contributed by atoms with Gasteiger partial charge in [0, 0.05) is 28.9 Å². The van der Waals surface area contributed by atoms with E-state index in [0.717, 1.165) is 18.3 Å². The number of carbonyl (C=O) groups excluding carboxylic acids is 2. The predicted octanol–water partition coefficient (Wildman–Crippen LogP) is 1.86. The summed E-state index contributed by atoms with van der Waals surface area (Å²) in [5.74, 6) is -0.424. The molecule has 0 aliphatic carbocycles. The van der Waals surface area contributed by atoms with E-state index in [9.17, 15) is 9.59 Å². The minimum absolute atomic E-state index is 0.0704. The predicted molar refractivity (Wildman–Crippen MR) is 100 cm³/mol. The Hall–Kier alpha value is -3.28. The topological polar surface area (TPSA) is 124 Å². The Kier molecular flexibility index (Phi) is 5.79. The van der Waals surface area contributed by atoms with E-state index >= 15 is 0 Å². The highest BCUT2D eigenvalue weighted by Gasteiger charge is 2.15. The van der Waals surface area contributed by atoms with Gasteiger partial charge in [-0.25, -0.2) is 0 Å². The first kappa shape index (κ1) is 18.1. The van der Waals surface area contributed by atoms with Gasteiger partial charge in [0.1, 0.15) is 12.0 Å². The summed E-state index contributed by atoms with van der Waals surface area (Å²) in [6.45, 7) is 2.46. The number of anilines is 1. The van der Waals surface area contributed by atoms with Gasteiger partial charge >= 0.3 is 0 Å². The van der Waals surface area contributed by atoms with Crippen LogP contribution in [0.1, 0.15) is 29.3 Å². The number of aldehydes is 1. The molecule has 25 heavy (non-hydrogen) atoms. The van der Waals surface area contributed by atoms with E-state index in [0.29, 0.717) is 28.9 Å². The zero-order chi connectivity index (χ0) is 18.4. The fraction of sp³-hybridized carbons (Fsp3) is 0.158. The number of benzene rings is 2. The van der Waals surface area contributed by atoms with Crippen LogP contribution in [0.15, 0.2) is 48.2 Å². The van der Waals surface area contributed by atoms with Crippen LogP contribution >= 0.6 is 0 Å². The molecule has 0 unspecified atom stereocenters. The van der Waals surface area contributed by atoms with E-state index in [4.69, 9.17) is 17.2 Å². The molecule has 0 aromatic heterocycles. The average Bonchev–Trinajstić information content (AvgIpc) is 2.65. The molecule has 0 aliphatic rings. The molecule has 0 bridgehead atoms. The minimum Gasteiger partial charge on any atom is -0.398 e. The van der Waals surface area contributed by atoms with Gasteiger partial charge in [-0.1, -0.05) is 43.3 Å². The van der Waals surface area contributed by atoms with Crippen LogP contribution in [0.25, 0.3) is 16.8 Å². The van der Waals surface area contributed by atoms with Crippen molar-refractivity contribution >= 4 is 23.6 Å². The average molecular weight is 338 g/mol. The lowest BCUT2D eigenvalue weighted by atomic mass is 9.97. The van der Waals surface area contributed by atoms with Crippen LogP contribution in [0.2, 0.25) is 0 Å². The van der Waals surface area contributed by atoms with Gasteiger partial charge in [0.15, 0.2) is 0 Å². The van der Waals surface area contributed by atoms with Crippen molar-refractivity contribution in [3.63, 3.8) is 0 Å². The third kappa shape index (κ3) is 3.98. The standard InChI is InChI=1S/C19H22N4O2/c1-2-9-23-19(25)18(22)17(21)15-8-4-7-14(16(15)20)13-6-3-5-12(10-13)11-24/h3-8,10-11H,2,9,20-22H2,1H3,(H,23,25)/b18-17+. The number of carbonyl (C=O) groups is 2. The maximum absolute atomic E-state index is 12.0. The first-order valence-corrected chi connectivity index (χ1v) is 7.97. The van der Waals surface area contributed by atoms with E-state index in [-0.39, 0.29) is 11.4 Å². The number of hydrogen-bond donors (Lipinski definition) is 4. The second-order valence-corrected chi connectivity index (χ2v) is 5.59. The molecule has 130 valence electrons. The van der Waals surface area contributed by atoms with Crippen LogP contribution in [0.3, 0.4) is 0 Å². The lowest BCUT2D eigenvalue weighted by Crippen LogP contribution is -2.31. The highest BCUT2D eigenvalue weighted by Crippen LogP contribution is 2.31. The SMILES string of the molecule is CCCNC(=O)/C(N)=C(\N)c1cccc(-c2cccc(C=O)c2)c1N. The van der Waals surface area contributed by atoms with Gasteiger partial charge in [-0.15, -0.1) is 0 Å². The summed E-state index contributed by atoms with van der Waals surface area (Å²) in [5, 5.41) is 2.68. The van der Waals surface area contributed by atoms with Gasteiger partial charge in [0.25, 0.3) is 5.91 Å². The number of nitrogen functional groups attached to an aromatic ring is 1. The third-order valence-corrected chi connectivity index (χ3v) is 3.80. The molecule has 2 aromatic carbocycles. The van der Waals surface area contributed by atoms with Crippen molar-refractivity contribution in [2.24, 2.45) is 11.5 Å². The van der Waals surface area contributed by atoms with Crippen molar-refractivity contribution < 1.29 is 9.59 Å².